The number of hydrogen-bond acceptors (Lipinski definition) is 5. The van der Waals surface area contributed by atoms with Gasteiger partial charge in [-0.3, -0.25) is 4.90 Å². The summed E-state index contributed by atoms with van der Waals surface area (Å²) in [5, 5.41) is 6.12. The minimum Gasteiger partial charge on any atom is -0.338 e. The van der Waals surface area contributed by atoms with Gasteiger partial charge in [-0.2, -0.15) is 4.98 Å². The van der Waals surface area contributed by atoms with Crippen molar-refractivity contribution >= 4 is 11.3 Å². The van der Waals surface area contributed by atoms with Gasteiger partial charge in [0.05, 0.1) is 11.4 Å². The highest BCUT2D eigenvalue weighted by atomic mass is 32.1. The lowest BCUT2D eigenvalue weighted by atomic mass is 9.87. The Labute approximate surface area is 139 Å². The second kappa shape index (κ2) is 6.26. The summed E-state index contributed by atoms with van der Waals surface area (Å²) in [7, 11) is 2.14. The molecule has 0 saturated heterocycles. The van der Waals surface area contributed by atoms with Gasteiger partial charge in [0.15, 0.2) is 0 Å². The quantitative estimate of drug-likeness (QED) is 0.717. The van der Waals surface area contributed by atoms with Gasteiger partial charge in [0.1, 0.15) is 0 Å². The second-order valence-electron chi connectivity index (χ2n) is 6.01. The monoisotopic (exact) mass is 325 g/mol. The number of aryl methyl sites for hydroxylation is 1. The Balaban J connectivity index is 1.52. The minimum atomic E-state index is 0.428. The van der Waals surface area contributed by atoms with Crippen molar-refractivity contribution in [2.45, 2.75) is 31.8 Å². The van der Waals surface area contributed by atoms with Crippen LogP contribution in [0.1, 0.15) is 35.9 Å². The van der Waals surface area contributed by atoms with Crippen molar-refractivity contribution in [3.63, 3.8) is 0 Å². The number of hydrogen-bond donors (Lipinski definition) is 0. The average molecular weight is 325 g/mol. The van der Waals surface area contributed by atoms with E-state index >= 15 is 0 Å². The Morgan fingerprint density at radius 1 is 1.26 bits per heavy atom. The van der Waals surface area contributed by atoms with E-state index in [9.17, 15) is 0 Å². The summed E-state index contributed by atoms with van der Waals surface area (Å²) < 4.78 is 5.44. The normalized spacial score (nSPS) is 17.4. The van der Waals surface area contributed by atoms with Crippen LogP contribution in [0, 0.1) is 0 Å². The van der Waals surface area contributed by atoms with Crippen LogP contribution < -0.4 is 0 Å². The molecule has 118 valence electrons. The van der Waals surface area contributed by atoms with Crippen molar-refractivity contribution in [2.24, 2.45) is 0 Å². The van der Waals surface area contributed by atoms with Crippen LogP contribution in [-0.2, 0) is 13.0 Å². The largest absolute Gasteiger partial charge is 0.338 e. The van der Waals surface area contributed by atoms with Crippen LogP contribution in [0.15, 0.2) is 46.3 Å². The third kappa shape index (κ3) is 2.94. The fourth-order valence-electron chi connectivity index (χ4n) is 3.33. The zero-order valence-electron chi connectivity index (χ0n) is 13.1. The van der Waals surface area contributed by atoms with Gasteiger partial charge < -0.3 is 4.52 Å². The van der Waals surface area contributed by atoms with E-state index in [-0.39, 0.29) is 0 Å². The molecule has 1 aromatic carbocycles. The van der Waals surface area contributed by atoms with Crippen molar-refractivity contribution in [3.8, 4) is 10.7 Å². The molecule has 0 fully saturated rings. The molecular weight excluding hydrogens is 306 g/mol. The zero-order valence-corrected chi connectivity index (χ0v) is 13.9. The standard InChI is InChI=1S/C18H19N3OS/c1-21(15-9-4-7-13-6-2-3-8-14(13)15)12-17-19-18(20-22-17)16-10-5-11-23-16/h2-3,5-6,8,10-11,15H,4,7,9,12H2,1H3/t15-/m0/s1. The predicted octanol–water partition coefficient (Wildman–Crippen LogP) is 4.31. The van der Waals surface area contributed by atoms with E-state index in [1.54, 1.807) is 11.3 Å². The van der Waals surface area contributed by atoms with Crippen molar-refractivity contribution in [1.29, 1.82) is 0 Å². The first-order valence-electron chi connectivity index (χ1n) is 7.96. The van der Waals surface area contributed by atoms with E-state index in [1.807, 2.05) is 17.5 Å². The first-order valence-corrected chi connectivity index (χ1v) is 8.84. The average Bonchev–Trinajstić information content (AvgIpc) is 3.25. The van der Waals surface area contributed by atoms with Gasteiger partial charge in [-0.05, 0) is 48.9 Å². The number of thiophene rings is 1. The maximum atomic E-state index is 5.44. The fourth-order valence-corrected chi connectivity index (χ4v) is 3.98. The molecule has 23 heavy (non-hydrogen) atoms. The number of rotatable bonds is 4. The lowest BCUT2D eigenvalue weighted by molar-refractivity contribution is 0.187. The van der Waals surface area contributed by atoms with Gasteiger partial charge in [-0.15, -0.1) is 11.3 Å². The molecule has 0 saturated carbocycles. The topological polar surface area (TPSA) is 42.2 Å². The van der Waals surface area contributed by atoms with Crippen LogP contribution in [-0.4, -0.2) is 22.1 Å². The van der Waals surface area contributed by atoms with E-state index < -0.39 is 0 Å². The number of aromatic nitrogens is 2. The van der Waals surface area contributed by atoms with Crippen molar-refractivity contribution in [2.75, 3.05) is 7.05 Å². The fraction of sp³-hybridized carbons (Fsp3) is 0.333. The summed E-state index contributed by atoms with van der Waals surface area (Å²) in [6.07, 6.45) is 3.60. The van der Waals surface area contributed by atoms with Gasteiger partial charge in [-0.25, -0.2) is 0 Å². The summed E-state index contributed by atoms with van der Waals surface area (Å²) in [6.45, 7) is 0.678. The lowest BCUT2D eigenvalue weighted by Crippen LogP contribution is -2.27. The molecule has 0 spiro atoms. The third-order valence-corrected chi connectivity index (χ3v) is 5.33. The van der Waals surface area contributed by atoms with Gasteiger partial charge in [0.25, 0.3) is 0 Å². The van der Waals surface area contributed by atoms with E-state index in [1.165, 1.54) is 30.4 Å². The summed E-state index contributed by atoms with van der Waals surface area (Å²) in [6, 6.07) is 13.2. The third-order valence-electron chi connectivity index (χ3n) is 4.46. The SMILES string of the molecule is CN(Cc1nc(-c2cccs2)no1)[C@H]1CCCc2ccccc21. The molecule has 0 N–H and O–H groups in total. The smallest absolute Gasteiger partial charge is 0.241 e. The molecule has 3 aromatic rings. The molecule has 1 aliphatic carbocycles. The summed E-state index contributed by atoms with van der Waals surface area (Å²) in [5.74, 6) is 1.37. The summed E-state index contributed by atoms with van der Waals surface area (Å²) in [4.78, 5) is 7.90. The highest BCUT2D eigenvalue weighted by Gasteiger charge is 2.24. The van der Waals surface area contributed by atoms with E-state index in [0.717, 1.165) is 4.88 Å². The number of benzene rings is 1. The molecule has 4 rings (SSSR count). The molecule has 0 radical (unpaired) electrons. The highest BCUT2D eigenvalue weighted by molar-refractivity contribution is 7.13. The van der Waals surface area contributed by atoms with Crippen LogP contribution in [0.5, 0.6) is 0 Å². The van der Waals surface area contributed by atoms with E-state index in [4.69, 9.17) is 4.52 Å². The molecule has 2 heterocycles. The molecule has 1 atom stereocenters. The number of fused-ring (bicyclic) bond motifs is 1. The Hall–Kier alpha value is -1.98. The number of nitrogens with zero attached hydrogens (tertiary/aromatic N) is 3. The molecule has 1 aliphatic rings. The molecule has 0 amide bonds. The highest BCUT2D eigenvalue weighted by Crippen LogP contribution is 2.34. The van der Waals surface area contributed by atoms with Gasteiger partial charge in [0, 0.05) is 6.04 Å². The Morgan fingerprint density at radius 2 is 2.17 bits per heavy atom. The maximum Gasteiger partial charge on any atom is 0.241 e. The van der Waals surface area contributed by atoms with E-state index in [0.29, 0.717) is 24.3 Å². The summed E-state index contributed by atoms with van der Waals surface area (Å²) in [5.41, 5.74) is 2.92. The van der Waals surface area contributed by atoms with Crippen LogP contribution in [0.4, 0.5) is 0 Å². The minimum absolute atomic E-state index is 0.428. The molecule has 0 bridgehead atoms. The van der Waals surface area contributed by atoms with Crippen molar-refractivity contribution < 1.29 is 4.52 Å². The van der Waals surface area contributed by atoms with Crippen LogP contribution in [0.25, 0.3) is 10.7 Å². The summed E-state index contributed by atoms with van der Waals surface area (Å²) >= 11 is 1.63. The Morgan fingerprint density at radius 3 is 3.04 bits per heavy atom. The van der Waals surface area contributed by atoms with E-state index in [2.05, 4.69) is 46.4 Å². The first-order chi connectivity index (χ1) is 11.3. The van der Waals surface area contributed by atoms with Gasteiger partial charge >= 0.3 is 0 Å². The van der Waals surface area contributed by atoms with Crippen LogP contribution in [0.3, 0.4) is 0 Å². The molecule has 2 aromatic heterocycles. The lowest BCUT2D eigenvalue weighted by Gasteiger charge is -2.32. The van der Waals surface area contributed by atoms with Gasteiger partial charge in [0.2, 0.25) is 11.7 Å². The van der Waals surface area contributed by atoms with Crippen molar-refractivity contribution in [3.05, 3.63) is 58.8 Å². The zero-order chi connectivity index (χ0) is 15.6. The van der Waals surface area contributed by atoms with Crippen LogP contribution in [0.2, 0.25) is 0 Å². The maximum absolute atomic E-state index is 5.44. The van der Waals surface area contributed by atoms with Crippen molar-refractivity contribution in [1.82, 2.24) is 15.0 Å². The molecule has 0 aliphatic heterocycles. The molecule has 4 nitrogen and oxygen atoms in total. The van der Waals surface area contributed by atoms with Gasteiger partial charge in [-0.1, -0.05) is 35.5 Å². The molecular formula is C18H19N3OS. The predicted molar refractivity (Wildman–Crippen MR) is 91.2 cm³/mol. The van der Waals surface area contributed by atoms with Crippen LogP contribution >= 0.6 is 11.3 Å². The first kappa shape index (κ1) is 14.6. The second-order valence-corrected chi connectivity index (χ2v) is 6.96. The Kier molecular flexibility index (Phi) is 3.97. The molecule has 5 heteroatoms. The molecule has 0 unspecified atom stereocenters. The Bertz CT molecular complexity index is 781.